The molecule has 4 nitrogen and oxygen atoms in total. The number of aliphatic imine (C=N–C) groups is 2. The third-order valence-electron chi connectivity index (χ3n) is 1.73. The van der Waals surface area contributed by atoms with E-state index in [4.69, 9.17) is 11.5 Å². The Balaban J connectivity index is 3.19. The summed E-state index contributed by atoms with van der Waals surface area (Å²) < 4.78 is 0. The van der Waals surface area contributed by atoms with Gasteiger partial charge in [-0.15, -0.1) is 0 Å². The third kappa shape index (κ3) is 9.93. The molecule has 4 N–H and O–H groups in total. The summed E-state index contributed by atoms with van der Waals surface area (Å²) in [7, 11) is 3.43. The molecular weight excluding hydrogens is 228 g/mol. The molecule has 0 atom stereocenters. The van der Waals surface area contributed by atoms with Crippen LogP contribution in [-0.4, -0.2) is 35.9 Å². The molecule has 0 radical (unpaired) electrons. The van der Waals surface area contributed by atoms with E-state index in [-0.39, 0.29) is 0 Å². The standard InChI is InChI=1S/C9H20N4S2/c1-12-8(10)14-6-4-3-5-7-15-9(11)13-2/h3-7H2,1-2H3,(H2,10,12)(H2,11,13). The molecule has 88 valence electrons. The van der Waals surface area contributed by atoms with Crippen LogP contribution in [0.1, 0.15) is 19.3 Å². The molecule has 0 aromatic rings. The molecule has 0 amide bonds. The second kappa shape index (κ2) is 10.2. The maximum Gasteiger partial charge on any atom is 0.153 e. The molecule has 6 heteroatoms. The normalized spacial score (nSPS) is 13.2. The number of nitrogens with two attached hydrogens (primary N) is 2. The van der Waals surface area contributed by atoms with Crippen LogP contribution in [-0.2, 0) is 0 Å². The molecule has 0 rings (SSSR count). The number of hydrogen-bond acceptors (Lipinski definition) is 4. The number of hydrogen-bond donors (Lipinski definition) is 2. The molecule has 15 heavy (non-hydrogen) atoms. The van der Waals surface area contributed by atoms with Crippen LogP contribution in [0.3, 0.4) is 0 Å². The van der Waals surface area contributed by atoms with Crippen molar-refractivity contribution in [2.45, 2.75) is 19.3 Å². The molecule has 0 bridgehead atoms. The first-order chi connectivity index (χ1) is 7.20. The first-order valence-corrected chi connectivity index (χ1v) is 6.88. The molecule has 0 heterocycles. The Kier molecular flexibility index (Phi) is 9.92. The summed E-state index contributed by atoms with van der Waals surface area (Å²) in [4.78, 5) is 7.76. The molecule has 0 aromatic heterocycles. The lowest BCUT2D eigenvalue weighted by molar-refractivity contribution is 0.787. The van der Waals surface area contributed by atoms with Crippen LogP contribution in [0.25, 0.3) is 0 Å². The van der Waals surface area contributed by atoms with Gasteiger partial charge in [-0.1, -0.05) is 29.9 Å². The summed E-state index contributed by atoms with van der Waals surface area (Å²) in [5.41, 5.74) is 11.1. The number of amidine groups is 2. The largest absolute Gasteiger partial charge is 0.379 e. The second-order valence-electron chi connectivity index (χ2n) is 2.88. The fourth-order valence-corrected chi connectivity index (χ4v) is 2.24. The molecule has 0 fully saturated rings. The van der Waals surface area contributed by atoms with Gasteiger partial charge < -0.3 is 11.5 Å². The zero-order valence-corrected chi connectivity index (χ0v) is 11.0. The van der Waals surface area contributed by atoms with Crippen LogP contribution in [0.15, 0.2) is 9.98 Å². The lowest BCUT2D eigenvalue weighted by Crippen LogP contribution is -2.07. The van der Waals surface area contributed by atoms with Crippen molar-refractivity contribution >= 4 is 33.9 Å². The minimum Gasteiger partial charge on any atom is -0.379 e. The highest BCUT2D eigenvalue weighted by Crippen LogP contribution is 2.09. The van der Waals surface area contributed by atoms with Gasteiger partial charge in [0.05, 0.1) is 0 Å². The van der Waals surface area contributed by atoms with Gasteiger partial charge in [0, 0.05) is 25.6 Å². The van der Waals surface area contributed by atoms with Gasteiger partial charge in [0.15, 0.2) is 10.3 Å². The van der Waals surface area contributed by atoms with Crippen molar-refractivity contribution < 1.29 is 0 Å². The summed E-state index contributed by atoms with van der Waals surface area (Å²) in [6, 6.07) is 0. The van der Waals surface area contributed by atoms with Crippen LogP contribution in [0.2, 0.25) is 0 Å². The first-order valence-electron chi connectivity index (χ1n) is 4.90. The van der Waals surface area contributed by atoms with E-state index < -0.39 is 0 Å². The first kappa shape index (κ1) is 14.6. The highest BCUT2D eigenvalue weighted by atomic mass is 32.2. The Hall–Kier alpha value is -0.360. The van der Waals surface area contributed by atoms with E-state index in [1.165, 1.54) is 19.3 Å². The monoisotopic (exact) mass is 248 g/mol. The van der Waals surface area contributed by atoms with Crippen molar-refractivity contribution in [3.8, 4) is 0 Å². The van der Waals surface area contributed by atoms with Crippen molar-refractivity contribution in [3.05, 3.63) is 0 Å². The fraction of sp³-hybridized carbons (Fsp3) is 0.778. The number of thioether (sulfide) groups is 2. The fourth-order valence-electron chi connectivity index (χ4n) is 0.863. The van der Waals surface area contributed by atoms with Gasteiger partial charge in [-0.3, -0.25) is 9.98 Å². The number of rotatable bonds is 6. The highest BCUT2D eigenvalue weighted by molar-refractivity contribution is 8.14. The van der Waals surface area contributed by atoms with Gasteiger partial charge in [0.25, 0.3) is 0 Å². The topological polar surface area (TPSA) is 76.8 Å². The van der Waals surface area contributed by atoms with E-state index in [0.717, 1.165) is 11.5 Å². The van der Waals surface area contributed by atoms with Gasteiger partial charge in [-0.2, -0.15) is 0 Å². The van der Waals surface area contributed by atoms with Crippen LogP contribution in [0, 0.1) is 0 Å². The van der Waals surface area contributed by atoms with Gasteiger partial charge in [0.1, 0.15) is 0 Å². The summed E-state index contributed by atoms with van der Waals surface area (Å²) in [5.74, 6) is 2.09. The Labute approximate surface area is 100 Å². The average Bonchev–Trinajstić information content (AvgIpc) is 2.26. The Morgan fingerprint density at radius 1 is 0.867 bits per heavy atom. The maximum absolute atomic E-state index is 5.55. The summed E-state index contributed by atoms with van der Waals surface area (Å²) in [6.45, 7) is 0. The summed E-state index contributed by atoms with van der Waals surface area (Å²) >= 11 is 3.24. The van der Waals surface area contributed by atoms with E-state index in [1.54, 1.807) is 37.6 Å². The van der Waals surface area contributed by atoms with Crippen LogP contribution in [0.4, 0.5) is 0 Å². The zero-order chi connectivity index (χ0) is 11.5. The zero-order valence-electron chi connectivity index (χ0n) is 9.40. The lowest BCUT2D eigenvalue weighted by Gasteiger charge is -2.01. The maximum atomic E-state index is 5.55. The van der Waals surface area contributed by atoms with E-state index in [0.29, 0.717) is 10.3 Å². The Morgan fingerprint density at radius 3 is 1.60 bits per heavy atom. The number of unbranched alkanes of at least 4 members (excludes halogenated alkanes) is 2. The molecule has 0 saturated carbocycles. The van der Waals surface area contributed by atoms with E-state index in [1.807, 2.05) is 0 Å². The molecular formula is C9H20N4S2. The molecule has 0 aromatic carbocycles. The minimum atomic E-state index is 0.673. The SMILES string of the molecule is CN=C(N)SCCCCCSC(N)=NC. The molecule has 0 aliphatic heterocycles. The van der Waals surface area contributed by atoms with Crippen molar-refractivity contribution in [2.75, 3.05) is 25.6 Å². The smallest absolute Gasteiger partial charge is 0.153 e. The average molecular weight is 248 g/mol. The summed E-state index contributed by atoms with van der Waals surface area (Å²) in [6.07, 6.45) is 3.54. The van der Waals surface area contributed by atoms with Gasteiger partial charge in [-0.05, 0) is 12.8 Å². The van der Waals surface area contributed by atoms with Gasteiger partial charge in [-0.25, -0.2) is 0 Å². The molecule has 0 aliphatic rings. The Bertz CT molecular complexity index is 194. The lowest BCUT2D eigenvalue weighted by atomic mass is 10.3. The van der Waals surface area contributed by atoms with Gasteiger partial charge in [0.2, 0.25) is 0 Å². The van der Waals surface area contributed by atoms with E-state index in [2.05, 4.69) is 9.98 Å². The van der Waals surface area contributed by atoms with Crippen molar-refractivity contribution in [3.63, 3.8) is 0 Å². The van der Waals surface area contributed by atoms with Crippen LogP contribution >= 0.6 is 23.5 Å². The van der Waals surface area contributed by atoms with Crippen molar-refractivity contribution in [1.82, 2.24) is 0 Å². The van der Waals surface area contributed by atoms with E-state index >= 15 is 0 Å². The molecule has 0 spiro atoms. The predicted molar refractivity (Wildman–Crippen MR) is 73.9 cm³/mol. The second-order valence-corrected chi connectivity index (χ2v) is 5.11. The molecule has 0 unspecified atom stereocenters. The predicted octanol–water partition coefficient (Wildman–Crippen LogP) is 1.51. The van der Waals surface area contributed by atoms with Crippen LogP contribution in [0.5, 0.6) is 0 Å². The molecule has 0 aliphatic carbocycles. The van der Waals surface area contributed by atoms with Gasteiger partial charge >= 0.3 is 0 Å². The minimum absolute atomic E-state index is 0.673. The van der Waals surface area contributed by atoms with Crippen molar-refractivity contribution in [1.29, 1.82) is 0 Å². The van der Waals surface area contributed by atoms with Crippen LogP contribution < -0.4 is 11.5 Å². The Morgan fingerprint density at radius 2 is 1.27 bits per heavy atom. The third-order valence-corrected chi connectivity index (χ3v) is 3.67. The van der Waals surface area contributed by atoms with E-state index in [9.17, 15) is 0 Å². The van der Waals surface area contributed by atoms with Crippen molar-refractivity contribution in [2.24, 2.45) is 21.5 Å². The molecule has 0 saturated heterocycles. The quantitative estimate of drug-likeness (QED) is 0.424. The summed E-state index contributed by atoms with van der Waals surface area (Å²) in [5, 5.41) is 1.35. The number of nitrogens with zero attached hydrogens (tertiary/aromatic N) is 2. The highest BCUT2D eigenvalue weighted by Gasteiger charge is 1.95.